The first-order valence-electron chi connectivity index (χ1n) is 8.05. The van der Waals surface area contributed by atoms with E-state index < -0.39 is 0 Å². The van der Waals surface area contributed by atoms with Crippen molar-refractivity contribution < 1.29 is 4.79 Å². The number of carbonyl (C=O) groups is 1. The van der Waals surface area contributed by atoms with Crippen LogP contribution < -0.4 is 5.32 Å². The Bertz CT molecular complexity index is 1020. The first-order valence-corrected chi connectivity index (χ1v) is 8.05. The van der Waals surface area contributed by atoms with Crippen molar-refractivity contribution in [1.29, 1.82) is 0 Å². The van der Waals surface area contributed by atoms with Gasteiger partial charge in [0, 0.05) is 11.8 Å². The van der Waals surface area contributed by atoms with Crippen LogP contribution in [-0.2, 0) is 0 Å². The van der Waals surface area contributed by atoms with Crippen molar-refractivity contribution in [3.63, 3.8) is 0 Å². The van der Waals surface area contributed by atoms with Crippen LogP contribution in [0.15, 0.2) is 42.6 Å². The van der Waals surface area contributed by atoms with E-state index in [0.29, 0.717) is 11.2 Å². The minimum Gasteiger partial charge on any atom is -0.342 e. The van der Waals surface area contributed by atoms with Gasteiger partial charge >= 0.3 is 0 Å². The number of nitrogens with zero attached hydrogens (tertiary/aromatic N) is 5. The molecule has 25 heavy (non-hydrogen) atoms. The molecule has 0 saturated carbocycles. The Labute approximate surface area is 143 Å². The van der Waals surface area contributed by atoms with E-state index >= 15 is 0 Å². The van der Waals surface area contributed by atoms with E-state index in [1.165, 1.54) is 4.52 Å². The Morgan fingerprint density at radius 1 is 1.24 bits per heavy atom. The zero-order valence-electron chi connectivity index (χ0n) is 13.8. The minimum atomic E-state index is -0.230. The van der Waals surface area contributed by atoms with Crippen LogP contribution in [0.3, 0.4) is 0 Å². The van der Waals surface area contributed by atoms with Gasteiger partial charge in [-0.25, -0.2) is 9.50 Å². The van der Waals surface area contributed by atoms with E-state index in [-0.39, 0.29) is 17.9 Å². The molecular weight excluding hydrogens is 318 g/mol. The van der Waals surface area contributed by atoms with Gasteiger partial charge in [0.1, 0.15) is 5.82 Å². The highest BCUT2D eigenvalue weighted by Crippen LogP contribution is 2.22. The summed E-state index contributed by atoms with van der Waals surface area (Å²) in [5, 5.41) is 14.3. The van der Waals surface area contributed by atoms with Crippen molar-refractivity contribution in [3.05, 3.63) is 54.0 Å². The first-order chi connectivity index (χ1) is 12.1. The molecule has 8 nitrogen and oxygen atoms in total. The van der Waals surface area contributed by atoms with Crippen LogP contribution in [0.4, 0.5) is 0 Å². The molecule has 0 spiro atoms. The van der Waals surface area contributed by atoms with Gasteiger partial charge in [-0.1, -0.05) is 26.0 Å². The smallest absolute Gasteiger partial charge is 0.252 e. The number of fused-ring (bicyclic) bond motifs is 2. The van der Waals surface area contributed by atoms with Gasteiger partial charge < -0.3 is 10.3 Å². The molecule has 0 aliphatic carbocycles. The lowest BCUT2D eigenvalue weighted by atomic mass is 10.0. The van der Waals surface area contributed by atoms with E-state index in [2.05, 4.69) is 30.8 Å². The number of rotatable bonds is 4. The molecule has 0 fully saturated rings. The number of carbonyl (C=O) groups excluding carboxylic acids is 1. The molecule has 0 aliphatic rings. The van der Waals surface area contributed by atoms with Crippen LogP contribution in [0, 0.1) is 5.92 Å². The van der Waals surface area contributed by atoms with Crippen LogP contribution in [-0.4, -0.2) is 35.9 Å². The number of pyridine rings is 1. The number of aromatic amines is 1. The number of amides is 1. The molecule has 0 radical (unpaired) electrons. The number of nitrogens with one attached hydrogen (secondary N) is 2. The molecule has 2 N–H and O–H groups in total. The molecule has 3 aromatic heterocycles. The summed E-state index contributed by atoms with van der Waals surface area (Å²) in [6.07, 6.45) is 1.66. The number of hydrogen-bond acceptors (Lipinski definition) is 5. The number of imidazole rings is 1. The van der Waals surface area contributed by atoms with Gasteiger partial charge in [-0.2, -0.15) is 0 Å². The van der Waals surface area contributed by atoms with Crippen LogP contribution >= 0.6 is 0 Å². The second-order valence-electron chi connectivity index (χ2n) is 6.23. The fraction of sp³-hybridized carbons (Fsp3) is 0.235. The SMILES string of the molecule is CC(C)[C@H](NC(=O)c1ccn2nnnc2c1)c1nc2ccccc2[nH]1. The number of aromatic nitrogens is 6. The summed E-state index contributed by atoms with van der Waals surface area (Å²) < 4.78 is 1.51. The molecule has 126 valence electrons. The monoisotopic (exact) mass is 335 g/mol. The van der Waals surface area contributed by atoms with Crippen molar-refractivity contribution in [3.8, 4) is 0 Å². The molecule has 0 bridgehead atoms. The fourth-order valence-electron chi connectivity index (χ4n) is 2.78. The maximum atomic E-state index is 12.7. The summed E-state index contributed by atoms with van der Waals surface area (Å²) in [5.41, 5.74) is 2.86. The second-order valence-corrected chi connectivity index (χ2v) is 6.23. The van der Waals surface area contributed by atoms with Crippen molar-refractivity contribution >= 4 is 22.6 Å². The highest BCUT2D eigenvalue weighted by molar-refractivity contribution is 5.95. The lowest BCUT2D eigenvalue weighted by Gasteiger charge is -2.20. The van der Waals surface area contributed by atoms with E-state index in [1.54, 1.807) is 18.3 Å². The summed E-state index contributed by atoms with van der Waals surface area (Å²) in [7, 11) is 0. The van der Waals surface area contributed by atoms with Crippen LogP contribution in [0.25, 0.3) is 16.7 Å². The molecule has 1 amide bonds. The summed E-state index contributed by atoms with van der Waals surface area (Å²) >= 11 is 0. The first kappa shape index (κ1) is 15.3. The molecule has 0 aliphatic heterocycles. The van der Waals surface area contributed by atoms with Crippen LogP contribution in [0.2, 0.25) is 0 Å². The Balaban J connectivity index is 1.63. The molecule has 4 aromatic rings. The summed E-state index contributed by atoms with van der Waals surface area (Å²) in [6.45, 7) is 4.09. The largest absolute Gasteiger partial charge is 0.342 e. The van der Waals surface area contributed by atoms with Crippen molar-refractivity contribution in [2.45, 2.75) is 19.9 Å². The molecular formula is C17H17N7O. The predicted molar refractivity (Wildman–Crippen MR) is 91.9 cm³/mol. The van der Waals surface area contributed by atoms with E-state index in [0.717, 1.165) is 16.9 Å². The average molecular weight is 335 g/mol. The zero-order chi connectivity index (χ0) is 17.4. The molecule has 1 atom stereocenters. The van der Waals surface area contributed by atoms with Gasteiger partial charge in [0.2, 0.25) is 0 Å². The third kappa shape index (κ3) is 2.82. The van der Waals surface area contributed by atoms with Crippen LogP contribution in [0.1, 0.15) is 36.1 Å². The molecule has 0 unspecified atom stereocenters. The lowest BCUT2D eigenvalue weighted by Crippen LogP contribution is -2.32. The Morgan fingerprint density at radius 3 is 2.88 bits per heavy atom. The van der Waals surface area contributed by atoms with E-state index in [4.69, 9.17) is 0 Å². The van der Waals surface area contributed by atoms with Gasteiger partial charge in [0.05, 0.1) is 17.1 Å². The molecule has 4 rings (SSSR count). The molecule has 0 saturated heterocycles. The Kier molecular flexibility index (Phi) is 3.64. The van der Waals surface area contributed by atoms with E-state index in [9.17, 15) is 4.79 Å². The van der Waals surface area contributed by atoms with Gasteiger partial charge in [-0.05, 0) is 40.6 Å². The Morgan fingerprint density at radius 2 is 2.08 bits per heavy atom. The highest BCUT2D eigenvalue weighted by Gasteiger charge is 2.22. The highest BCUT2D eigenvalue weighted by atomic mass is 16.1. The van der Waals surface area contributed by atoms with E-state index in [1.807, 2.05) is 38.1 Å². The van der Waals surface area contributed by atoms with Crippen molar-refractivity contribution in [2.75, 3.05) is 0 Å². The lowest BCUT2D eigenvalue weighted by molar-refractivity contribution is 0.0923. The molecule has 3 heterocycles. The molecule has 8 heteroatoms. The third-order valence-electron chi connectivity index (χ3n) is 4.12. The van der Waals surface area contributed by atoms with Gasteiger partial charge in [0.15, 0.2) is 5.65 Å². The minimum absolute atomic E-state index is 0.169. The number of benzene rings is 1. The van der Waals surface area contributed by atoms with Crippen molar-refractivity contribution in [1.82, 2.24) is 35.3 Å². The summed E-state index contributed by atoms with van der Waals surface area (Å²) in [6, 6.07) is 10.9. The summed E-state index contributed by atoms with van der Waals surface area (Å²) in [5.74, 6) is 0.724. The van der Waals surface area contributed by atoms with Crippen LogP contribution in [0.5, 0.6) is 0 Å². The standard InChI is InChI=1S/C17H17N7O/c1-10(2)15(16-18-12-5-3-4-6-13(12)19-16)20-17(25)11-7-8-24-14(9-11)21-22-23-24/h3-10,15H,1-2H3,(H,18,19)(H,20,25)/t15-/m0/s1. The normalized spacial score (nSPS) is 12.8. The number of hydrogen-bond donors (Lipinski definition) is 2. The topological polar surface area (TPSA) is 101 Å². The molecule has 1 aromatic carbocycles. The number of tetrazole rings is 1. The predicted octanol–water partition coefficient (Wildman–Crippen LogP) is 2.13. The van der Waals surface area contributed by atoms with Gasteiger partial charge in [-0.15, -0.1) is 5.10 Å². The average Bonchev–Trinajstić information content (AvgIpc) is 3.24. The maximum Gasteiger partial charge on any atom is 0.252 e. The Hall–Kier alpha value is -3.29. The zero-order valence-corrected chi connectivity index (χ0v) is 13.8. The quantitative estimate of drug-likeness (QED) is 0.595. The second kappa shape index (κ2) is 5.97. The summed E-state index contributed by atoms with van der Waals surface area (Å²) in [4.78, 5) is 20.6. The van der Waals surface area contributed by atoms with Crippen molar-refractivity contribution in [2.24, 2.45) is 5.92 Å². The third-order valence-corrected chi connectivity index (χ3v) is 4.12. The number of para-hydroxylation sites is 2. The maximum absolute atomic E-state index is 12.7. The van der Waals surface area contributed by atoms with Gasteiger partial charge in [-0.3, -0.25) is 4.79 Å². The number of H-pyrrole nitrogens is 1. The van der Waals surface area contributed by atoms with Gasteiger partial charge in [0.25, 0.3) is 5.91 Å². The fourth-order valence-corrected chi connectivity index (χ4v) is 2.78.